The number of likely N-dealkylation sites (tertiary alicyclic amines) is 1. The summed E-state index contributed by atoms with van der Waals surface area (Å²) in [6.45, 7) is 3.26. The van der Waals surface area contributed by atoms with Crippen LogP contribution in [0.2, 0.25) is 0 Å². The Hall–Kier alpha value is -3.33. The molecule has 0 N–H and O–H groups in total. The van der Waals surface area contributed by atoms with Crippen LogP contribution in [0, 0.1) is 6.92 Å². The smallest absolute Gasteiger partial charge is 0.273 e. The molecule has 1 aliphatic rings. The third-order valence-corrected chi connectivity index (χ3v) is 6.43. The van der Waals surface area contributed by atoms with Gasteiger partial charge in [0.05, 0.1) is 17.8 Å². The molecule has 158 valence electrons. The number of piperidine rings is 1. The summed E-state index contributed by atoms with van der Waals surface area (Å²) in [6.07, 6.45) is 1.65. The number of fused-ring (bicyclic) bond motifs is 1. The highest BCUT2D eigenvalue weighted by molar-refractivity contribution is 7.09. The first kappa shape index (κ1) is 19.6. The van der Waals surface area contributed by atoms with Crippen LogP contribution in [0.3, 0.4) is 0 Å². The number of carbonyl (C=O) groups excluding carboxylic acids is 1. The van der Waals surface area contributed by atoms with Gasteiger partial charge in [0.1, 0.15) is 11.4 Å². The number of thiazole rings is 1. The zero-order valence-electron chi connectivity index (χ0n) is 17.4. The fourth-order valence-corrected chi connectivity index (χ4v) is 4.53. The summed E-state index contributed by atoms with van der Waals surface area (Å²) in [5.41, 5.74) is 3.12. The van der Waals surface area contributed by atoms with Crippen molar-refractivity contribution in [3.63, 3.8) is 0 Å². The molecule has 0 aliphatic carbocycles. The predicted octanol–water partition coefficient (Wildman–Crippen LogP) is 3.58. The number of aromatic nitrogens is 5. The van der Waals surface area contributed by atoms with Gasteiger partial charge in [-0.15, -0.1) is 21.5 Å². The van der Waals surface area contributed by atoms with Crippen LogP contribution in [-0.4, -0.2) is 55.8 Å². The minimum Gasteiger partial charge on any atom is -0.497 e. The number of nitrogens with zero attached hydrogens (tertiary/aromatic N) is 6. The molecule has 0 radical (unpaired) electrons. The maximum atomic E-state index is 12.7. The highest BCUT2D eigenvalue weighted by Gasteiger charge is 2.28. The van der Waals surface area contributed by atoms with E-state index < -0.39 is 0 Å². The van der Waals surface area contributed by atoms with Crippen molar-refractivity contribution < 1.29 is 9.53 Å². The predicted molar refractivity (Wildman–Crippen MR) is 117 cm³/mol. The van der Waals surface area contributed by atoms with Crippen LogP contribution in [-0.2, 0) is 0 Å². The van der Waals surface area contributed by atoms with Crippen molar-refractivity contribution in [3.8, 4) is 17.0 Å². The van der Waals surface area contributed by atoms with Gasteiger partial charge in [-0.05, 0) is 56.2 Å². The lowest BCUT2D eigenvalue weighted by atomic mass is 9.96. The molecule has 8 nitrogen and oxygen atoms in total. The van der Waals surface area contributed by atoms with Gasteiger partial charge >= 0.3 is 0 Å². The number of hydrogen-bond acceptors (Lipinski definition) is 7. The Balaban J connectivity index is 1.35. The maximum absolute atomic E-state index is 12.7. The van der Waals surface area contributed by atoms with Crippen LogP contribution in [0.1, 0.15) is 40.1 Å². The van der Waals surface area contributed by atoms with Crippen molar-refractivity contribution in [3.05, 3.63) is 58.3 Å². The number of ether oxygens (including phenoxy) is 1. The van der Waals surface area contributed by atoms with E-state index in [4.69, 9.17) is 9.84 Å². The first-order chi connectivity index (χ1) is 15.1. The number of carbonyl (C=O) groups is 1. The van der Waals surface area contributed by atoms with Gasteiger partial charge in [0, 0.05) is 30.0 Å². The summed E-state index contributed by atoms with van der Waals surface area (Å²) in [4.78, 5) is 18.9. The second-order valence-corrected chi connectivity index (χ2v) is 8.66. The van der Waals surface area contributed by atoms with Gasteiger partial charge in [-0.2, -0.15) is 9.61 Å². The minimum absolute atomic E-state index is 0.00817. The van der Waals surface area contributed by atoms with Crippen molar-refractivity contribution in [1.29, 1.82) is 0 Å². The summed E-state index contributed by atoms with van der Waals surface area (Å²) in [5, 5.41) is 16.3. The Morgan fingerprint density at radius 2 is 1.87 bits per heavy atom. The van der Waals surface area contributed by atoms with Crippen LogP contribution in [0.5, 0.6) is 5.75 Å². The van der Waals surface area contributed by atoms with Crippen LogP contribution in [0.15, 0.2) is 41.8 Å². The average Bonchev–Trinajstić information content (AvgIpc) is 3.44. The molecular formula is C22H22N6O2S. The molecule has 0 unspecified atom stereocenters. The zero-order chi connectivity index (χ0) is 21.4. The van der Waals surface area contributed by atoms with E-state index in [1.54, 1.807) is 7.11 Å². The molecule has 3 aromatic heterocycles. The molecule has 0 atom stereocenters. The van der Waals surface area contributed by atoms with Crippen molar-refractivity contribution in [2.24, 2.45) is 0 Å². The molecule has 1 fully saturated rings. The Bertz CT molecular complexity index is 1220. The number of benzene rings is 1. The molecular weight excluding hydrogens is 412 g/mol. The van der Waals surface area contributed by atoms with E-state index in [0.29, 0.717) is 18.8 Å². The zero-order valence-corrected chi connectivity index (χ0v) is 18.2. The Labute approximate surface area is 183 Å². The van der Waals surface area contributed by atoms with E-state index >= 15 is 0 Å². The molecule has 0 saturated carbocycles. The summed E-state index contributed by atoms with van der Waals surface area (Å²) < 4.78 is 7.08. The minimum atomic E-state index is 0.00817. The number of amides is 1. The second-order valence-electron chi connectivity index (χ2n) is 7.59. The monoisotopic (exact) mass is 434 g/mol. The van der Waals surface area contributed by atoms with Gasteiger partial charge < -0.3 is 9.64 Å². The van der Waals surface area contributed by atoms with E-state index in [0.717, 1.165) is 46.3 Å². The molecule has 4 aromatic rings. The first-order valence-electron chi connectivity index (χ1n) is 10.2. The van der Waals surface area contributed by atoms with E-state index in [9.17, 15) is 4.79 Å². The van der Waals surface area contributed by atoms with E-state index in [-0.39, 0.29) is 11.8 Å². The number of rotatable bonds is 4. The van der Waals surface area contributed by atoms with Gasteiger partial charge in [-0.1, -0.05) is 0 Å². The fraction of sp³-hybridized carbons (Fsp3) is 0.318. The van der Waals surface area contributed by atoms with Gasteiger partial charge in [0.15, 0.2) is 11.5 Å². The van der Waals surface area contributed by atoms with E-state index in [1.165, 1.54) is 11.3 Å². The molecule has 5 rings (SSSR count). The fourth-order valence-electron chi connectivity index (χ4n) is 3.94. The lowest BCUT2D eigenvalue weighted by Crippen LogP contribution is -2.38. The van der Waals surface area contributed by atoms with Gasteiger partial charge in [0.2, 0.25) is 0 Å². The van der Waals surface area contributed by atoms with Crippen LogP contribution >= 0.6 is 11.3 Å². The molecule has 0 bridgehead atoms. The van der Waals surface area contributed by atoms with Gasteiger partial charge in [-0.3, -0.25) is 4.79 Å². The second kappa shape index (κ2) is 8.07. The topological polar surface area (TPSA) is 85.5 Å². The van der Waals surface area contributed by atoms with E-state index in [2.05, 4.69) is 15.2 Å². The highest BCUT2D eigenvalue weighted by Crippen LogP contribution is 2.29. The van der Waals surface area contributed by atoms with Crippen LogP contribution in [0.4, 0.5) is 0 Å². The molecule has 0 spiro atoms. The molecule has 1 aromatic carbocycles. The number of methoxy groups -OCH3 is 1. The molecule has 4 heterocycles. The van der Waals surface area contributed by atoms with Crippen molar-refractivity contribution in [1.82, 2.24) is 29.7 Å². The lowest BCUT2D eigenvalue weighted by Gasteiger charge is -2.30. The quantitative estimate of drug-likeness (QED) is 0.488. The third kappa shape index (κ3) is 3.76. The summed E-state index contributed by atoms with van der Waals surface area (Å²) in [6, 6.07) is 11.7. The van der Waals surface area contributed by atoms with Crippen molar-refractivity contribution >= 4 is 22.9 Å². The molecule has 1 amide bonds. The van der Waals surface area contributed by atoms with Crippen LogP contribution in [0.25, 0.3) is 16.9 Å². The Morgan fingerprint density at radius 3 is 2.55 bits per heavy atom. The SMILES string of the molecule is COc1ccc(-c2ccc3nnc(C4CCN(C(=O)c5csc(C)n5)CC4)n3n2)cc1. The number of hydrogen-bond donors (Lipinski definition) is 0. The summed E-state index contributed by atoms with van der Waals surface area (Å²) in [5.74, 6) is 1.87. The van der Waals surface area contributed by atoms with Gasteiger partial charge in [-0.25, -0.2) is 4.98 Å². The number of aryl methyl sites for hydroxylation is 1. The molecule has 31 heavy (non-hydrogen) atoms. The average molecular weight is 435 g/mol. The normalized spacial score (nSPS) is 14.8. The Morgan fingerprint density at radius 1 is 1.10 bits per heavy atom. The third-order valence-electron chi connectivity index (χ3n) is 5.66. The summed E-state index contributed by atoms with van der Waals surface area (Å²) in [7, 11) is 1.65. The Kier molecular flexibility index (Phi) is 5.11. The van der Waals surface area contributed by atoms with E-state index in [1.807, 2.05) is 58.1 Å². The highest BCUT2D eigenvalue weighted by atomic mass is 32.1. The first-order valence-corrected chi connectivity index (χ1v) is 11.1. The molecule has 1 aliphatic heterocycles. The van der Waals surface area contributed by atoms with Crippen molar-refractivity contribution in [2.45, 2.75) is 25.7 Å². The molecule has 9 heteroatoms. The summed E-state index contributed by atoms with van der Waals surface area (Å²) >= 11 is 1.50. The van der Waals surface area contributed by atoms with Gasteiger partial charge in [0.25, 0.3) is 5.91 Å². The standard InChI is InChI=1S/C22H22N6O2S/c1-14-23-19(13-31-14)22(29)27-11-9-16(10-12-27)21-25-24-20-8-7-18(26-28(20)21)15-3-5-17(30-2)6-4-15/h3-8,13,16H,9-12H2,1-2H3. The lowest BCUT2D eigenvalue weighted by molar-refractivity contribution is 0.0705. The van der Waals surface area contributed by atoms with Crippen molar-refractivity contribution in [2.75, 3.05) is 20.2 Å². The maximum Gasteiger partial charge on any atom is 0.273 e. The molecule has 1 saturated heterocycles. The largest absolute Gasteiger partial charge is 0.497 e. The van der Waals surface area contributed by atoms with Crippen LogP contribution < -0.4 is 4.74 Å².